The van der Waals surface area contributed by atoms with Crippen molar-refractivity contribution in [3.8, 4) is 0 Å². The number of nitrogens with one attached hydrogen (secondary N) is 1. The van der Waals surface area contributed by atoms with Gasteiger partial charge in [-0.3, -0.25) is 14.5 Å². The first-order valence-corrected chi connectivity index (χ1v) is 13.2. The minimum atomic E-state index is -0.662. The maximum Gasteiger partial charge on any atom is 0.246 e. The molecule has 0 radical (unpaired) electrons. The molecule has 1 atom stereocenters. The molecule has 1 unspecified atom stereocenters. The van der Waals surface area contributed by atoms with Crippen LogP contribution in [0.3, 0.4) is 0 Å². The van der Waals surface area contributed by atoms with Gasteiger partial charge >= 0.3 is 0 Å². The predicted octanol–water partition coefficient (Wildman–Crippen LogP) is 4.31. The van der Waals surface area contributed by atoms with Crippen molar-refractivity contribution in [3.05, 3.63) is 16.1 Å². The highest BCUT2D eigenvalue weighted by atomic mass is 35.5. The first-order chi connectivity index (χ1) is 15.0. The van der Waals surface area contributed by atoms with Gasteiger partial charge in [-0.15, -0.1) is 23.7 Å². The molecule has 1 aromatic rings. The molecule has 8 heteroatoms. The van der Waals surface area contributed by atoms with Crippen molar-refractivity contribution in [1.82, 2.24) is 20.1 Å². The third-order valence-corrected chi connectivity index (χ3v) is 8.50. The summed E-state index contributed by atoms with van der Waals surface area (Å²) in [4.78, 5) is 36.0. The van der Waals surface area contributed by atoms with Gasteiger partial charge in [-0.1, -0.05) is 45.4 Å². The number of aryl methyl sites for hydroxylation is 1. The minimum absolute atomic E-state index is 0. The number of hydrogen-bond donors (Lipinski definition) is 1. The van der Waals surface area contributed by atoms with Gasteiger partial charge in [0, 0.05) is 30.7 Å². The molecule has 1 saturated carbocycles. The number of carbonyl (C=O) groups is 2. The molecule has 3 heterocycles. The first kappa shape index (κ1) is 25.4. The van der Waals surface area contributed by atoms with Crippen LogP contribution in [0, 0.1) is 12.8 Å². The van der Waals surface area contributed by atoms with Gasteiger partial charge in [0.2, 0.25) is 11.8 Å². The quantitative estimate of drug-likeness (QED) is 0.629. The molecule has 1 N–H and O–H groups in total. The van der Waals surface area contributed by atoms with E-state index in [0.717, 1.165) is 62.4 Å². The van der Waals surface area contributed by atoms with E-state index in [2.05, 4.69) is 27.5 Å². The molecule has 3 fully saturated rings. The number of amides is 2. The fraction of sp³-hybridized carbons (Fsp3) is 0.792. The summed E-state index contributed by atoms with van der Waals surface area (Å²) in [5.74, 6) is 0.838. The highest BCUT2D eigenvalue weighted by Gasteiger charge is 2.53. The van der Waals surface area contributed by atoms with E-state index < -0.39 is 5.54 Å². The maximum absolute atomic E-state index is 13.6. The zero-order chi connectivity index (χ0) is 21.8. The topological polar surface area (TPSA) is 65.5 Å². The van der Waals surface area contributed by atoms with Gasteiger partial charge < -0.3 is 10.2 Å². The summed E-state index contributed by atoms with van der Waals surface area (Å²) in [5, 5.41) is 6.41. The standard InChI is InChI=1S/C24H38N4O2S.ClH/c1-3-4-12-28-22(29)20(15-19-8-6-5-7-9-19)26-23(30)24(28)10-13-27(14-11-24)16-21-25-18(2)17-31-21;/h17,19-20H,3-16H2,1-2H3,(H,26,30);1H. The predicted molar refractivity (Wildman–Crippen MR) is 131 cm³/mol. The van der Waals surface area contributed by atoms with Crippen LogP contribution >= 0.6 is 23.7 Å². The number of rotatable bonds is 7. The number of nitrogens with zero attached hydrogens (tertiary/aromatic N) is 3. The molecule has 0 bridgehead atoms. The molecular formula is C24H39ClN4O2S. The Morgan fingerprint density at radius 2 is 1.91 bits per heavy atom. The first-order valence-electron chi connectivity index (χ1n) is 12.3. The molecule has 2 aliphatic heterocycles. The number of piperidine rings is 1. The van der Waals surface area contributed by atoms with Crippen LogP contribution in [0.5, 0.6) is 0 Å². The van der Waals surface area contributed by atoms with Crippen LogP contribution in [0.1, 0.15) is 81.8 Å². The van der Waals surface area contributed by atoms with Crippen molar-refractivity contribution in [1.29, 1.82) is 0 Å². The number of piperazine rings is 1. The molecule has 4 rings (SSSR count). The van der Waals surface area contributed by atoms with E-state index in [4.69, 9.17) is 0 Å². The van der Waals surface area contributed by atoms with Crippen LogP contribution in [-0.2, 0) is 16.1 Å². The summed E-state index contributed by atoms with van der Waals surface area (Å²) in [6.07, 6.45) is 10.5. The summed E-state index contributed by atoms with van der Waals surface area (Å²) in [6.45, 7) is 7.38. The molecule has 6 nitrogen and oxygen atoms in total. The van der Waals surface area contributed by atoms with E-state index in [1.807, 2.05) is 11.8 Å². The zero-order valence-electron chi connectivity index (χ0n) is 19.6. The lowest BCUT2D eigenvalue weighted by Crippen LogP contribution is -2.73. The summed E-state index contributed by atoms with van der Waals surface area (Å²) < 4.78 is 0. The summed E-state index contributed by atoms with van der Waals surface area (Å²) >= 11 is 1.70. The number of thiazole rings is 1. The van der Waals surface area contributed by atoms with E-state index in [9.17, 15) is 9.59 Å². The Hall–Kier alpha value is -1.18. The summed E-state index contributed by atoms with van der Waals surface area (Å²) in [6, 6.07) is -0.325. The van der Waals surface area contributed by atoms with E-state index >= 15 is 0 Å². The molecule has 3 aliphatic rings. The second kappa shape index (κ2) is 11.3. The lowest BCUT2D eigenvalue weighted by Gasteiger charge is -2.52. The van der Waals surface area contributed by atoms with Crippen LogP contribution in [0.25, 0.3) is 0 Å². The molecule has 0 aromatic carbocycles. The smallest absolute Gasteiger partial charge is 0.246 e. The van der Waals surface area contributed by atoms with Crippen molar-refractivity contribution in [2.75, 3.05) is 19.6 Å². The van der Waals surface area contributed by atoms with E-state index in [1.54, 1.807) is 11.3 Å². The Morgan fingerprint density at radius 3 is 2.53 bits per heavy atom. The van der Waals surface area contributed by atoms with Gasteiger partial charge in [0.25, 0.3) is 0 Å². The number of hydrogen-bond acceptors (Lipinski definition) is 5. The van der Waals surface area contributed by atoms with Gasteiger partial charge in [-0.25, -0.2) is 4.98 Å². The Bertz CT molecular complexity index is 772. The van der Waals surface area contributed by atoms with Crippen LogP contribution in [0.15, 0.2) is 5.38 Å². The summed E-state index contributed by atoms with van der Waals surface area (Å²) in [7, 11) is 0. The largest absolute Gasteiger partial charge is 0.342 e. The number of unbranched alkanes of at least 4 members (excludes halogenated alkanes) is 1. The average molecular weight is 483 g/mol. The second-order valence-corrected chi connectivity index (χ2v) is 10.7. The van der Waals surface area contributed by atoms with Gasteiger partial charge in [-0.05, 0) is 38.5 Å². The van der Waals surface area contributed by atoms with Crippen molar-refractivity contribution in [2.45, 2.75) is 96.2 Å². The molecule has 1 aliphatic carbocycles. The van der Waals surface area contributed by atoms with Gasteiger partial charge in [-0.2, -0.15) is 0 Å². The summed E-state index contributed by atoms with van der Waals surface area (Å²) in [5.41, 5.74) is 0.408. The lowest BCUT2D eigenvalue weighted by atomic mass is 9.79. The molecule has 2 saturated heterocycles. The number of aromatic nitrogens is 1. The Balaban J connectivity index is 0.00000289. The van der Waals surface area contributed by atoms with Crippen LogP contribution in [0.2, 0.25) is 0 Å². The van der Waals surface area contributed by atoms with E-state index in [0.29, 0.717) is 12.5 Å². The van der Waals surface area contributed by atoms with E-state index in [-0.39, 0.29) is 30.3 Å². The number of halogens is 1. The molecule has 32 heavy (non-hydrogen) atoms. The van der Waals surface area contributed by atoms with Gasteiger partial charge in [0.05, 0.1) is 6.54 Å². The van der Waals surface area contributed by atoms with Gasteiger partial charge in [0.1, 0.15) is 16.6 Å². The van der Waals surface area contributed by atoms with Crippen LogP contribution in [0.4, 0.5) is 0 Å². The minimum Gasteiger partial charge on any atom is -0.342 e. The van der Waals surface area contributed by atoms with Crippen LogP contribution < -0.4 is 5.32 Å². The fourth-order valence-corrected chi connectivity index (χ4v) is 6.49. The van der Waals surface area contributed by atoms with Crippen molar-refractivity contribution >= 4 is 35.6 Å². The number of carbonyl (C=O) groups excluding carboxylic acids is 2. The highest BCUT2D eigenvalue weighted by molar-refractivity contribution is 7.09. The van der Waals surface area contributed by atoms with E-state index in [1.165, 1.54) is 32.1 Å². The average Bonchev–Trinajstić information content (AvgIpc) is 3.19. The third-order valence-electron chi connectivity index (χ3n) is 7.55. The SMILES string of the molecule is CCCCN1C(=O)C(CC2CCCCC2)NC(=O)C12CCN(Cc1nc(C)cs1)CC2.Cl. The molecule has 2 amide bonds. The van der Waals surface area contributed by atoms with Crippen molar-refractivity contribution < 1.29 is 9.59 Å². The second-order valence-electron chi connectivity index (χ2n) is 9.80. The maximum atomic E-state index is 13.6. The monoisotopic (exact) mass is 482 g/mol. The molecule has 1 aromatic heterocycles. The molecular weight excluding hydrogens is 444 g/mol. The Kier molecular flexibility index (Phi) is 8.98. The van der Waals surface area contributed by atoms with Crippen molar-refractivity contribution in [3.63, 3.8) is 0 Å². The fourth-order valence-electron chi connectivity index (χ4n) is 5.68. The zero-order valence-corrected chi connectivity index (χ0v) is 21.2. The van der Waals surface area contributed by atoms with Gasteiger partial charge in [0.15, 0.2) is 0 Å². The Labute approximate surface area is 202 Å². The lowest BCUT2D eigenvalue weighted by molar-refractivity contribution is -0.162. The van der Waals surface area contributed by atoms with Crippen LogP contribution in [-0.4, -0.2) is 57.8 Å². The highest BCUT2D eigenvalue weighted by Crippen LogP contribution is 2.36. The number of likely N-dealkylation sites (tertiary alicyclic amines) is 1. The normalized spacial score (nSPS) is 24.4. The molecule has 1 spiro atoms. The Morgan fingerprint density at radius 1 is 1.19 bits per heavy atom. The molecule has 180 valence electrons. The van der Waals surface area contributed by atoms with Crippen molar-refractivity contribution in [2.24, 2.45) is 5.92 Å². The third kappa shape index (κ3) is 5.48.